The molecule has 0 aromatic carbocycles. The predicted molar refractivity (Wildman–Crippen MR) is 52.5 cm³/mol. The third-order valence-corrected chi connectivity index (χ3v) is 2.48. The lowest BCUT2D eigenvalue weighted by Gasteiger charge is -2.15. The van der Waals surface area contributed by atoms with Gasteiger partial charge in [0.05, 0.1) is 0 Å². The SMILES string of the molecule is CCn1c(C)nnc1C(C)C(C)N. The van der Waals surface area contributed by atoms with Crippen molar-refractivity contribution in [2.75, 3.05) is 0 Å². The number of rotatable bonds is 3. The van der Waals surface area contributed by atoms with Crippen molar-refractivity contribution in [3.05, 3.63) is 11.6 Å². The lowest BCUT2D eigenvalue weighted by atomic mass is 10.0. The molecule has 0 saturated heterocycles. The smallest absolute Gasteiger partial charge is 0.137 e. The average molecular weight is 182 g/mol. The molecule has 0 aliphatic rings. The Morgan fingerprint density at radius 1 is 1.38 bits per heavy atom. The van der Waals surface area contributed by atoms with Crippen LogP contribution in [-0.4, -0.2) is 20.8 Å². The van der Waals surface area contributed by atoms with Crippen molar-refractivity contribution in [3.8, 4) is 0 Å². The van der Waals surface area contributed by atoms with Crippen LogP contribution in [0.1, 0.15) is 38.3 Å². The van der Waals surface area contributed by atoms with E-state index in [1.165, 1.54) is 0 Å². The number of hydrogen-bond acceptors (Lipinski definition) is 3. The molecule has 0 radical (unpaired) electrons. The van der Waals surface area contributed by atoms with Crippen LogP contribution in [-0.2, 0) is 6.54 Å². The summed E-state index contributed by atoms with van der Waals surface area (Å²) in [7, 11) is 0. The first-order valence-electron chi connectivity index (χ1n) is 4.73. The van der Waals surface area contributed by atoms with Crippen LogP contribution < -0.4 is 5.73 Å². The Labute approximate surface area is 79.2 Å². The Balaban J connectivity index is 3.00. The molecule has 2 atom stereocenters. The summed E-state index contributed by atoms with van der Waals surface area (Å²) in [6.07, 6.45) is 0. The minimum atomic E-state index is 0.119. The molecule has 0 fully saturated rings. The maximum absolute atomic E-state index is 5.82. The van der Waals surface area contributed by atoms with Gasteiger partial charge in [0.2, 0.25) is 0 Å². The van der Waals surface area contributed by atoms with Crippen molar-refractivity contribution in [3.63, 3.8) is 0 Å². The van der Waals surface area contributed by atoms with E-state index in [2.05, 4.69) is 28.6 Å². The summed E-state index contributed by atoms with van der Waals surface area (Å²) < 4.78 is 2.11. The Bertz CT molecular complexity index is 277. The molecule has 0 bridgehead atoms. The molecule has 2 N–H and O–H groups in total. The van der Waals surface area contributed by atoms with Crippen LogP contribution in [0.2, 0.25) is 0 Å². The van der Waals surface area contributed by atoms with Crippen molar-refractivity contribution < 1.29 is 0 Å². The van der Waals surface area contributed by atoms with Gasteiger partial charge in [0.1, 0.15) is 11.6 Å². The highest BCUT2D eigenvalue weighted by atomic mass is 15.3. The van der Waals surface area contributed by atoms with Gasteiger partial charge in [0.15, 0.2) is 0 Å². The summed E-state index contributed by atoms with van der Waals surface area (Å²) in [6.45, 7) is 9.04. The van der Waals surface area contributed by atoms with Crippen LogP contribution in [0.25, 0.3) is 0 Å². The van der Waals surface area contributed by atoms with Crippen LogP contribution in [0.4, 0.5) is 0 Å². The minimum Gasteiger partial charge on any atom is -0.327 e. The maximum Gasteiger partial charge on any atom is 0.137 e. The summed E-state index contributed by atoms with van der Waals surface area (Å²) in [5, 5.41) is 8.19. The van der Waals surface area contributed by atoms with Gasteiger partial charge in [0, 0.05) is 18.5 Å². The minimum absolute atomic E-state index is 0.119. The van der Waals surface area contributed by atoms with Crippen LogP contribution in [0.3, 0.4) is 0 Å². The van der Waals surface area contributed by atoms with Gasteiger partial charge < -0.3 is 10.3 Å². The molecule has 1 aromatic rings. The molecule has 0 spiro atoms. The Kier molecular flexibility index (Phi) is 3.03. The Hall–Kier alpha value is -0.900. The highest BCUT2D eigenvalue weighted by Crippen LogP contribution is 2.16. The van der Waals surface area contributed by atoms with Crippen LogP contribution in [0, 0.1) is 6.92 Å². The fraction of sp³-hybridized carbons (Fsp3) is 0.778. The summed E-state index contributed by atoms with van der Waals surface area (Å²) in [4.78, 5) is 0. The monoisotopic (exact) mass is 182 g/mol. The topological polar surface area (TPSA) is 56.7 Å². The lowest BCUT2D eigenvalue weighted by Crippen LogP contribution is -2.25. The first kappa shape index (κ1) is 10.2. The summed E-state index contributed by atoms with van der Waals surface area (Å²) >= 11 is 0. The Morgan fingerprint density at radius 3 is 2.46 bits per heavy atom. The van der Waals surface area contributed by atoms with Crippen molar-refractivity contribution in [1.29, 1.82) is 0 Å². The van der Waals surface area contributed by atoms with Crippen LogP contribution in [0.5, 0.6) is 0 Å². The largest absolute Gasteiger partial charge is 0.327 e. The van der Waals surface area contributed by atoms with Gasteiger partial charge in [-0.25, -0.2) is 0 Å². The van der Waals surface area contributed by atoms with Crippen LogP contribution >= 0.6 is 0 Å². The van der Waals surface area contributed by atoms with Gasteiger partial charge in [-0.15, -0.1) is 10.2 Å². The molecule has 1 rings (SSSR count). The molecule has 0 aliphatic carbocycles. The first-order valence-corrected chi connectivity index (χ1v) is 4.73. The van der Waals surface area contributed by atoms with Crippen LogP contribution in [0.15, 0.2) is 0 Å². The number of nitrogens with two attached hydrogens (primary N) is 1. The highest BCUT2D eigenvalue weighted by Gasteiger charge is 2.17. The molecule has 1 aromatic heterocycles. The quantitative estimate of drug-likeness (QED) is 0.760. The predicted octanol–water partition coefficient (Wildman–Crippen LogP) is 1.06. The highest BCUT2D eigenvalue weighted by molar-refractivity contribution is 5.02. The molecule has 0 aliphatic heterocycles. The molecular weight excluding hydrogens is 164 g/mol. The molecule has 1 heterocycles. The van der Waals surface area contributed by atoms with E-state index in [9.17, 15) is 0 Å². The standard InChI is InChI=1S/C9H18N4/c1-5-13-8(4)11-12-9(13)6(2)7(3)10/h6-7H,5,10H2,1-4H3. The van der Waals surface area contributed by atoms with E-state index >= 15 is 0 Å². The van der Waals surface area contributed by atoms with E-state index in [1.54, 1.807) is 0 Å². The Morgan fingerprint density at radius 2 is 2.00 bits per heavy atom. The fourth-order valence-corrected chi connectivity index (χ4v) is 1.36. The second-order valence-corrected chi connectivity index (χ2v) is 3.50. The summed E-state index contributed by atoms with van der Waals surface area (Å²) in [5.41, 5.74) is 5.82. The summed E-state index contributed by atoms with van der Waals surface area (Å²) in [6, 6.07) is 0.119. The molecule has 0 amide bonds. The van der Waals surface area contributed by atoms with Gasteiger partial charge in [-0.3, -0.25) is 0 Å². The van der Waals surface area contributed by atoms with Gasteiger partial charge in [-0.2, -0.15) is 0 Å². The van der Waals surface area contributed by atoms with Gasteiger partial charge in [0.25, 0.3) is 0 Å². The third-order valence-electron chi connectivity index (χ3n) is 2.48. The first-order chi connectivity index (χ1) is 6.07. The zero-order valence-corrected chi connectivity index (χ0v) is 8.78. The number of aryl methyl sites for hydroxylation is 1. The van der Waals surface area contributed by atoms with E-state index in [4.69, 9.17) is 5.73 Å². The van der Waals surface area contributed by atoms with Gasteiger partial charge >= 0.3 is 0 Å². The average Bonchev–Trinajstić information content (AvgIpc) is 2.45. The molecule has 2 unspecified atom stereocenters. The van der Waals surface area contributed by atoms with E-state index in [0.29, 0.717) is 0 Å². The molecule has 0 saturated carbocycles. The fourth-order valence-electron chi connectivity index (χ4n) is 1.36. The number of nitrogens with zero attached hydrogens (tertiary/aromatic N) is 3. The molecule has 13 heavy (non-hydrogen) atoms. The van der Waals surface area contributed by atoms with Crippen molar-refractivity contribution in [1.82, 2.24) is 14.8 Å². The van der Waals surface area contributed by atoms with E-state index in [0.717, 1.165) is 18.2 Å². The van der Waals surface area contributed by atoms with Crippen molar-refractivity contribution in [2.24, 2.45) is 5.73 Å². The third kappa shape index (κ3) is 1.88. The summed E-state index contributed by atoms with van der Waals surface area (Å²) in [5.74, 6) is 2.22. The number of aromatic nitrogens is 3. The van der Waals surface area contributed by atoms with Gasteiger partial charge in [-0.1, -0.05) is 6.92 Å². The van der Waals surface area contributed by atoms with E-state index in [-0.39, 0.29) is 12.0 Å². The molecule has 4 heteroatoms. The normalized spacial score (nSPS) is 15.8. The van der Waals surface area contributed by atoms with E-state index in [1.807, 2.05) is 13.8 Å². The second kappa shape index (κ2) is 3.87. The zero-order valence-electron chi connectivity index (χ0n) is 8.78. The van der Waals surface area contributed by atoms with Crippen molar-refractivity contribution >= 4 is 0 Å². The molecule has 4 nitrogen and oxygen atoms in total. The van der Waals surface area contributed by atoms with Gasteiger partial charge in [-0.05, 0) is 20.8 Å². The van der Waals surface area contributed by atoms with E-state index < -0.39 is 0 Å². The molecule has 74 valence electrons. The zero-order chi connectivity index (χ0) is 10.0. The second-order valence-electron chi connectivity index (χ2n) is 3.50. The van der Waals surface area contributed by atoms with Crippen molar-refractivity contribution in [2.45, 2.75) is 46.2 Å². The maximum atomic E-state index is 5.82. The molecular formula is C9H18N4. The lowest BCUT2D eigenvalue weighted by molar-refractivity contribution is 0.541. The number of hydrogen-bond donors (Lipinski definition) is 1.